The van der Waals surface area contributed by atoms with Crippen molar-refractivity contribution in [3.8, 4) is 0 Å². The lowest BCUT2D eigenvalue weighted by atomic mass is 10.1. The third kappa shape index (κ3) is 11.2. The number of unbranched alkanes of at least 4 members (excludes halogenated alkanes) is 7. The summed E-state index contributed by atoms with van der Waals surface area (Å²) < 4.78 is 22.3. The van der Waals surface area contributed by atoms with Gasteiger partial charge in [0.15, 0.2) is 13.0 Å². The Labute approximate surface area is 136 Å². The number of rotatable bonds is 13. The first-order valence-corrected chi connectivity index (χ1v) is 13.1. The predicted molar refractivity (Wildman–Crippen MR) is 91.3 cm³/mol. The third-order valence-corrected chi connectivity index (χ3v) is 9.60. The Morgan fingerprint density at radius 2 is 1.41 bits per heavy atom. The molecule has 134 valence electrons. The smallest absolute Gasteiger partial charge is 0.341 e. The Balaban J connectivity index is 3.95. The average Bonchev–Trinajstić information content (AvgIpc) is 2.36. The Morgan fingerprint density at radius 3 is 1.82 bits per heavy atom. The van der Waals surface area contributed by atoms with Crippen LogP contribution in [0.2, 0.25) is 0 Å². The molecular formula is C13H30O6P2S. The van der Waals surface area contributed by atoms with Crippen LogP contribution in [-0.2, 0) is 20.0 Å². The Hall–Kier alpha value is 0.650. The van der Waals surface area contributed by atoms with Crippen molar-refractivity contribution < 1.29 is 28.7 Å². The molecule has 3 unspecified atom stereocenters. The van der Waals surface area contributed by atoms with Crippen molar-refractivity contribution in [2.45, 2.75) is 63.7 Å². The first-order chi connectivity index (χ1) is 10.1. The molecule has 3 atom stereocenters. The van der Waals surface area contributed by atoms with Crippen molar-refractivity contribution in [2.75, 3.05) is 17.8 Å². The van der Waals surface area contributed by atoms with E-state index in [2.05, 4.69) is 6.92 Å². The van der Waals surface area contributed by atoms with Gasteiger partial charge >= 0.3 is 7.60 Å². The summed E-state index contributed by atoms with van der Waals surface area (Å²) in [6.45, 7) is 2.18. The molecule has 0 aromatic heterocycles. The van der Waals surface area contributed by atoms with Gasteiger partial charge in [-0.15, -0.1) is 0 Å². The van der Waals surface area contributed by atoms with Gasteiger partial charge in [-0.05, 0) is 23.7 Å². The van der Waals surface area contributed by atoms with Gasteiger partial charge in [-0.2, -0.15) is 0 Å². The highest BCUT2D eigenvalue weighted by atomic mass is 32.2. The van der Waals surface area contributed by atoms with Crippen molar-refractivity contribution in [2.24, 2.45) is 0 Å². The van der Waals surface area contributed by atoms with Crippen molar-refractivity contribution in [1.29, 1.82) is 0 Å². The molecule has 3 N–H and O–H groups in total. The maximum atomic E-state index is 11.2. The van der Waals surface area contributed by atoms with Crippen LogP contribution in [0.15, 0.2) is 0 Å². The van der Waals surface area contributed by atoms with Crippen LogP contribution in [0.5, 0.6) is 0 Å². The standard InChI is InChI=1S/C13H30O6P2S/c1-3-4-5-6-7-8-9-10-11-22(2)12-13(20(14,15)16)21(17,18)19/h13H,3-12H2,1-2H3,(H3-,14,15,16,17,18,19). The maximum absolute atomic E-state index is 11.2. The fourth-order valence-corrected chi connectivity index (χ4v) is 8.15. The van der Waals surface area contributed by atoms with Gasteiger partial charge in [0.2, 0.25) is 0 Å². The van der Waals surface area contributed by atoms with Gasteiger partial charge in [-0.1, -0.05) is 45.4 Å². The largest absolute Gasteiger partial charge is 0.778 e. The maximum Gasteiger partial charge on any atom is 0.341 e. The summed E-state index contributed by atoms with van der Waals surface area (Å²) in [4.78, 5) is 38.2. The topological polar surface area (TPSA) is 118 Å². The van der Waals surface area contributed by atoms with Gasteiger partial charge in [0.25, 0.3) is 0 Å². The van der Waals surface area contributed by atoms with E-state index in [1.165, 1.54) is 32.1 Å². The first kappa shape index (κ1) is 22.6. The van der Waals surface area contributed by atoms with E-state index in [0.717, 1.165) is 25.0 Å². The summed E-state index contributed by atoms with van der Waals surface area (Å²) in [5.74, 6) is 0.573. The fourth-order valence-electron chi connectivity index (χ4n) is 2.20. The second-order valence-electron chi connectivity index (χ2n) is 5.76. The lowest BCUT2D eigenvalue weighted by Crippen LogP contribution is -2.27. The average molecular weight is 376 g/mol. The summed E-state index contributed by atoms with van der Waals surface area (Å²) in [7, 11) is -10.3. The van der Waals surface area contributed by atoms with Crippen molar-refractivity contribution in [1.82, 2.24) is 0 Å². The molecule has 0 heterocycles. The van der Waals surface area contributed by atoms with E-state index in [0.29, 0.717) is 0 Å². The highest BCUT2D eigenvalue weighted by molar-refractivity contribution is 7.97. The van der Waals surface area contributed by atoms with Gasteiger partial charge in [0, 0.05) is 0 Å². The highest BCUT2D eigenvalue weighted by Crippen LogP contribution is 2.57. The second-order valence-corrected chi connectivity index (χ2v) is 12.0. The number of hydrogen-bond acceptors (Lipinski definition) is 3. The summed E-state index contributed by atoms with van der Waals surface area (Å²) >= 11 is 0. The summed E-state index contributed by atoms with van der Waals surface area (Å²) in [5.41, 5.74) is 0. The van der Waals surface area contributed by atoms with E-state index in [4.69, 9.17) is 14.7 Å². The molecule has 0 radical (unpaired) electrons. The van der Waals surface area contributed by atoms with Gasteiger partial charge in [-0.25, -0.2) is 0 Å². The summed E-state index contributed by atoms with van der Waals surface area (Å²) in [5, 5.41) is -1.96. The minimum absolute atomic E-state index is 0.169. The SMILES string of the molecule is CCCCCCCCCC[S+](C)CC(P(=O)([O-])O)P(=O)(O)O. The van der Waals surface area contributed by atoms with Gasteiger partial charge in [0.05, 0.1) is 6.26 Å². The van der Waals surface area contributed by atoms with Crippen molar-refractivity contribution in [3.05, 3.63) is 0 Å². The lowest BCUT2D eigenvalue weighted by Gasteiger charge is -2.26. The Bertz CT molecular complexity index is 359. The van der Waals surface area contributed by atoms with Gasteiger partial charge in [0.1, 0.15) is 11.5 Å². The zero-order valence-electron chi connectivity index (χ0n) is 13.5. The zero-order chi connectivity index (χ0) is 17.2. The highest BCUT2D eigenvalue weighted by Gasteiger charge is 2.41. The minimum atomic E-state index is -5.02. The van der Waals surface area contributed by atoms with Crippen LogP contribution in [0.1, 0.15) is 58.3 Å². The van der Waals surface area contributed by atoms with Crippen LogP contribution in [0.25, 0.3) is 0 Å². The van der Waals surface area contributed by atoms with Crippen LogP contribution in [0.3, 0.4) is 0 Å². The molecule has 0 rings (SSSR count). The van der Waals surface area contributed by atoms with E-state index >= 15 is 0 Å². The molecule has 22 heavy (non-hydrogen) atoms. The zero-order valence-corrected chi connectivity index (χ0v) is 16.1. The lowest BCUT2D eigenvalue weighted by molar-refractivity contribution is -0.194. The Kier molecular flexibility index (Phi) is 11.6. The van der Waals surface area contributed by atoms with E-state index in [9.17, 15) is 14.0 Å². The molecule has 0 aromatic carbocycles. The van der Waals surface area contributed by atoms with Gasteiger partial charge < -0.3 is 24.1 Å². The molecule has 0 aromatic rings. The summed E-state index contributed by atoms with van der Waals surface area (Å²) in [6.07, 6.45) is 11.1. The van der Waals surface area contributed by atoms with E-state index in [-0.39, 0.29) is 5.75 Å². The van der Waals surface area contributed by atoms with Crippen LogP contribution in [-0.4, -0.2) is 37.8 Å². The quantitative estimate of drug-likeness (QED) is 0.258. The van der Waals surface area contributed by atoms with Crippen LogP contribution in [0, 0.1) is 0 Å². The molecule has 0 aliphatic carbocycles. The molecule has 0 bridgehead atoms. The Morgan fingerprint density at radius 1 is 0.955 bits per heavy atom. The third-order valence-electron chi connectivity index (χ3n) is 3.54. The van der Waals surface area contributed by atoms with E-state index in [1.807, 2.05) is 0 Å². The number of hydrogen-bond donors (Lipinski definition) is 3. The van der Waals surface area contributed by atoms with Crippen molar-refractivity contribution in [3.63, 3.8) is 0 Å². The molecule has 0 aliphatic heterocycles. The molecule has 0 aliphatic rings. The molecule has 9 heteroatoms. The van der Waals surface area contributed by atoms with Gasteiger partial charge in [-0.3, -0.25) is 4.57 Å². The predicted octanol–water partition coefficient (Wildman–Crippen LogP) is 2.42. The first-order valence-electron chi connectivity index (χ1n) is 7.77. The van der Waals surface area contributed by atoms with Crippen LogP contribution < -0.4 is 4.89 Å². The molecule has 0 amide bonds. The summed E-state index contributed by atoms with van der Waals surface area (Å²) in [6, 6.07) is 0. The fraction of sp³-hybridized carbons (Fsp3) is 1.00. The minimum Gasteiger partial charge on any atom is -0.778 e. The van der Waals surface area contributed by atoms with Crippen LogP contribution >= 0.6 is 15.2 Å². The normalized spacial score (nSPS) is 17.9. The monoisotopic (exact) mass is 376 g/mol. The molecule has 0 fully saturated rings. The molecule has 0 saturated heterocycles. The molecule has 0 saturated carbocycles. The molecular weight excluding hydrogens is 346 g/mol. The molecule has 0 spiro atoms. The van der Waals surface area contributed by atoms with Crippen LogP contribution in [0.4, 0.5) is 0 Å². The second kappa shape index (κ2) is 11.2. The molecule has 6 nitrogen and oxygen atoms in total. The van der Waals surface area contributed by atoms with Crippen molar-refractivity contribution >= 4 is 26.1 Å². The van der Waals surface area contributed by atoms with E-state index < -0.39 is 31.5 Å². The van der Waals surface area contributed by atoms with E-state index in [1.54, 1.807) is 6.26 Å².